The highest BCUT2D eigenvalue weighted by molar-refractivity contribution is 5.61. The van der Waals surface area contributed by atoms with Crippen molar-refractivity contribution in [3.63, 3.8) is 0 Å². The minimum absolute atomic E-state index is 0.431. The van der Waals surface area contributed by atoms with Crippen molar-refractivity contribution >= 4 is 11.4 Å². The van der Waals surface area contributed by atoms with E-state index in [-0.39, 0.29) is 0 Å². The first-order chi connectivity index (χ1) is 10.3. The van der Waals surface area contributed by atoms with Crippen molar-refractivity contribution in [1.82, 2.24) is 0 Å². The molecule has 21 heavy (non-hydrogen) atoms. The summed E-state index contributed by atoms with van der Waals surface area (Å²) in [4.78, 5) is 2.50. The molecule has 1 heterocycles. The number of aryl methyl sites for hydroxylation is 1. The summed E-state index contributed by atoms with van der Waals surface area (Å²) in [5, 5.41) is 3.73. The highest BCUT2D eigenvalue weighted by atomic mass is 16.5. The van der Waals surface area contributed by atoms with Crippen molar-refractivity contribution in [3.05, 3.63) is 23.8 Å². The average molecular weight is 288 g/mol. The maximum atomic E-state index is 5.53. The number of hydrogen-bond donors (Lipinski definition) is 1. The summed E-state index contributed by atoms with van der Waals surface area (Å²) in [7, 11) is 1.84. The Morgan fingerprint density at radius 2 is 1.95 bits per heavy atom. The van der Waals surface area contributed by atoms with Crippen LogP contribution in [0.1, 0.15) is 44.1 Å². The Balaban J connectivity index is 1.65. The first kappa shape index (κ1) is 14.7. The van der Waals surface area contributed by atoms with Crippen LogP contribution in [-0.2, 0) is 4.74 Å². The number of rotatable bonds is 4. The maximum absolute atomic E-state index is 5.53. The molecule has 2 aliphatic rings. The second-order valence-corrected chi connectivity index (χ2v) is 6.56. The predicted molar refractivity (Wildman–Crippen MR) is 89.3 cm³/mol. The van der Waals surface area contributed by atoms with Gasteiger partial charge in [-0.3, -0.25) is 0 Å². The minimum Gasteiger partial charge on any atom is -0.382 e. The van der Waals surface area contributed by atoms with Gasteiger partial charge in [0.15, 0.2) is 0 Å². The van der Waals surface area contributed by atoms with Crippen LogP contribution in [0.3, 0.4) is 0 Å². The van der Waals surface area contributed by atoms with E-state index >= 15 is 0 Å². The van der Waals surface area contributed by atoms with Gasteiger partial charge in [0.25, 0.3) is 0 Å². The number of benzene rings is 1. The molecular weight excluding hydrogens is 260 g/mol. The second kappa shape index (κ2) is 6.69. The van der Waals surface area contributed by atoms with Crippen molar-refractivity contribution in [3.8, 4) is 0 Å². The zero-order chi connectivity index (χ0) is 14.7. The lowest BCUT2D eigenvalue weighted by atomic mass is 9.92. The summed E-state index contributed by atoms with van der Waals surface area (Å²) in [6, 6.07) is 7.43. The predicted octanol–water partition coefficient (Wildman–Crippen LogP) is 3.96. The molecule has 1 aliphatic heterocycles. The molecule has 2 fully saturated rings. The first-order valence-corrected chi connectivity index (χ1v) is 8.41. The Hall–Kier alpha value is -1.22. The maximum Gasteiger partial charge on any atom is 0.0590 e. The monoisotopic (exact) mass is 288 g/mol. The molecule has 1 aliphatic carbocycles. The molecule has 0 bridgehead atoms. The fraction of sp³-hybridized carbons (Fsp3) is 0.667. The van der Waals surface area contributed by atoms with Crippen LogP contribution in [0, 0.1) is 6.92 Å². The van der Waals surface area contributed by atoms with Gasteiger partial charge < -0.3 is 15.0 Å². The van der Waals surface area contributed by atoms with E-state index in [0.717, 1.165) is 6.42 Å². The smallest absolute Gasteiger partial charge is 0.0590 e. The molecule has 0 spiro atoms. The molecule has 3 heteroatoms. The van der Waals surface area contributed by atoms with E-state index in [9.17, 15) is 0 Å². The van der Waals surface area contributed by atoms with Gasteiger partial charge in [-0.25, -0.2) is 0 Å². The summed E-state index contributed by atoms with van der Waals surface area (Å²) in [6.45, 7) is 4.65. The van der Waals surface area contributed by atoms with E-state index in [1.165, 1.54) is 62.1 Å². The molecule has 0 aromatic heterocycles. The molecule has 0 radical (unpaired) electrons. The third-order valence-electron chi connectivity index (χ3n) is 5.00. The van der Waals surface area contributed by atoms with Gasteiger partial charge in [0.1, 0.15) is 0 Å². The van der Waals surface area contributed by atoms with Crippen LogP contribution in [0.25, 0.3) is 0 Å². The normalized spacial score (nSPS) is 26.1. The topological polar surface area (TPSA) is 24.5 Å². The molecule has 1 N–H and O–H groups in total. The Bertz CT molecular complexity index is 468. The van der Waals surface area contributed by atoms with Gasteiger partial charge in [0.05, 0.1) is 6.10 Å². The molecule has 116 valence electrons. The number of nitrogens with one attached hydrogen (secondary N) is 1. The summed E-state index contributed by atoms with van der Waals surface area (Å²) < 4.78 is 5.53. The number of hydrogen-bond acceptors (Lipinski definition) is 3. The summed E-state index contributed by atoms with van der Waals surface area (Å²) in [5.41, 5.74) is 4.03. The Morgan fingerprint density at radius 3 is 2.67 bits per heavy atom. The van der Waals surface area contributed by atoms with E-state index in [0.29, 0.717) is 12.1 Å². The molecule has 2 unspecified atom stereocenters. The Labute approximate surface area is 128 Å². The molecule has 1 aromatic rings. The van der Waals surface area contributed by atoms with Gasteiger partial charge in [-0.1, -0.05) is 0 Å². The van der Waals surface area contributed by atoms with Gasteiger partial charge in [0.2, 0.25) is 0 Å². The van der Waals surface area contributed by atoms with Gasteiger partial charge in [-0.05, 0) is 69.2 Å². The fourth-order valence-corrected chi connectivity index (χ4v) is 3.69. The van der Waals surface area contributed by atoms with E-state index in [4.69, 9.17) is 4.74 Å². The van der Waals surface area contributed by atoms with Crippen LogP contribution >= 0.6 is 0 Å². The fourth-order valence-electron chi connectivity index (χ4n) is 3.69. The number of nitrogens with zero attached hydrogens (tertiary/aromatic N) is 1. The molecule has 1 aromatic carbocycles. The molecule has 1 saturated heterocycles. The summed E-state index contributed by atoms with van der Waals surface area (Å²) in [5.74, 6) is 0. The van der Waals surface area contributed by atoms with E-state index in [2.05, 4.69) is 35.3 Å². The van der Waals surface area contributed by atoms with Crippen molar-refractivity contribution in [2.24, 2.45) is 0 Å². The molecule has 0 amide bonds. The van der Waals surface area contributed by atoms with Crippen LogP contribution in [0.4, 0.5) is 11.4 Å². The van der Waals surface area contributed by atoms with E-state index < -0.39 is 0 Å². The van der Waals surface area contributed by atoms with Crippen LogP contribution in [0.15, 0.2) is 18.2 Å². The van der Waals surface area contributed by atoms with Gasteiger partial charge in [-0.2, -0.15) is 0 Å². The SMILES string of the molecule is COC1CCCC(Nc2ccc(N3CCCC3)cc2C)C1. The lowest BCUT2D eigenvalue weighted by Crippen LogP contribution is -2.31. The number of ether oxygens (including phenoxy) is 1. The molecule has 2 atom stereocenters. The molecular formula is C18H28N2O. The lowest BCUT2D eigenvalue weighted by molar-refractivity contribution is 0.0669. The van der Waals surface area contributed by atoms with Crippen molar-refractivity contribution in [2.75, 3.05) is 30.4 Å². The zero-order valence-corrected chi connectivity index (χ0v) is 13.4. The lowest BCUT2D eigenvalue weighted by Gasteiger charge is -2.30. The minimum atomic E-state index is 0.431. The molecule has 1 saturated carbocycles. The first-order valence-electron chi connectivity index (χ1n) is 8.41. The second-order valence-electron chi connectivity index (χ2n) is 6.56. The van der Waals surface area contributed by atoms with Crippen LogP contribution in [0.2, 0.25) is 0 Å². The van der Waals surface area contributed by atoms with Gasteiger partial charge in [-0.15, -0.1) is 0 Å². The third kappa shape index (κ3) is 3.52. The third-order valence-corrected chi connectivity index (χ3v) is 5.00. The summed E-state index contributed by atoms with van der Waals surface area (Å²) >= 11 is 0. The number of methoxy groups -OCH3 is 1. The zero-order valence-electron chi connectivity index (χ0n) is 13.4. The summed E-state index contributed by atoms with van der Waals surface area (Å²) in [6.07, 6.45) is 7.96. The van der Waals surface area contributed by atoms with E-state index in [1.807, 2.05) is 7.11 Å². The van der Waals surface area contributed by atoms with Crippen LogP contribution in [0.5, 0.6) is 0 Å². The highest BCUT2D eigenvalue weighted by Gasteiger charge is 2.22. The molecule has 3 nitrogen and oxygen atoms in total. The van der Waals surface area contributed by atoms with Gasteiger partial charge in [0, 0.05) is 37.6 Å². The van der Waals surface area contributed by atoms with Crippen molar-refractivity contribution < 1.29 is 4.74 Å². The Kier molecular flexibility index (Phi) is 4.69. The average Bonchev–Trinajstić information content (AvgIpc) is 3.04. The number of anilines is 2. The standard InChI is InChI=1S/C18H28N2O/c1-14-12-16(20-10-3-4-11-20)8-9-18(14)19-15-6-5-7-17(13-15)21-2/h8-9,12,15,17,19H,3-7,10-11,13H2,1-2H3. The van der Waals surface area contributed by atoms with Crippen molar-refractivity contribution in [1.29, 1.82) is 0 Å². The molecule has 3 rings (SSSR count). The van der Waals surface area contributed by atoms with Crippen molar-refractivity contribution in [2.45, 2.75) is 57.6 Å². The van der Waals surface area contributed by atoms with Gasteiger partial charge >= 0.3 is 0 Å². The van der Waals surface area contributed by atoms with Crippen LogP contribution in [-0.4, -0.2) is 32.3 Å². The highest BCUT2D eigenvalue weighted by Crippen LogP contribution is 2.28. The largest absolute Gasteiger partial charge is 0.382 e. The van der Waals surface area contributed by atoms with E-state index in [1.54, 1.807) is 0 Å². The Morgan fingerprint density at radius 1 is 1.14 bits per heavy atom. The quantitative estimate of drug-likeness (QED) is 0.907. The van der Waals surface area contributed by atoms with Crippen LogP contribution < -0.4 is 10.2 Å².